The van der Waals surface area contributed by atoms with E-state index in [0.29, 0.717) is 17.3 Å². The fourth-order valence-electron chi connectivity index (χ4n) is 1.94. The van der Waals surface area contributed by atoms with Crippen LogP contribution in [-0.4, -0.2) is 21.6 Å². The fourth-order valence-corrected chi connectivity index (χ4v) is 2.33. The van der Waals surface area contributed by atoms with Gasteiger partial charge in [0.05, 0.1) is 5.69 Å². The first-order valence-electron chi connectivity index (χ1n) is 6.69. The number of ether oxygens (including phenoxy) is 1. The lowest BCUT2D eigenvalue weighted by molar-refractivity contribution is 0.155. The Hall–Kier alpha value is -2.21. The molecule has 0 saturated carbocycles. The first-order valence-corrected chi connectivity index (χ1v) is 7.81. The maximum atomic E-state index is 11.8. The standard InChI is InChI=1S/C16H16BrNO4/c17-9-8-12-14(19)7-6-13(15(12)20)18-16(21)22-10-11-4-2-1-3-5-11/h1-7,19-20H,8-10H2,(H,18,21). The highest BCUT2D eigenvalue weighted by molar-refractivity contribution is 9.09. The molecule has 22 heavy (non-hydrogen) atoms. The van der Waals surface area contributed by atoms with Gasteiger partial charge in [-0.1, -0.05) is 46.3 Å². The number of amides is 1. The Morgan fingerprint density at radius 1 is 1.14 bits per heavy atom. The van der Waals surface area contributed by atoms with Crippen molar-refractivity contribution in [3.05, 3.63) is 53.6 Å². The van der Waals surface area contributed by atoms with E-state index in [1.807, 2.05) is 30.3 Å². The van der Waals surface area contributed by atoms with E-state index < -0.39 is 6.09 Å². The second-order valence-corrected chi connectivity index (χ2v) is 5.38. The Balaban J connectivity index is 2.01. The third-order valence-electron chi connectivity index (χ3n) is 3.05. The van der Waals surface area contributed by atoms with Gasteiger partial charge < -0.3 is 14.9 Å². The van der Waals surface area contributed by atoms with Crippen molar-refractivity contribution in [3.63, 3.8) is 0 Å². The van der Waals surface area contributed by atoms with Crippen LogP contribution in [0.1, 0.15) is 11.1 Å². The molecule has 6 heteroatoms. The number of benzene rings is 2. The van der Waals surface area contributed by atoms with E-state index in [1.165, 1.54) is 12.1 Å². The quantitative estimate of drug-likeness (QED) is 0.428. The van der Waals surface area contributed by atoms with Gasteiger partial charge in [-0.05, 0) is 24.1 Å². The van der Waals surface area contributed by atoms with Crippen molar-refractivity contribution >= 4 is 27.7 Å². The molecule has 0 heterocycles. The summed E-state index contributed by atoms with van der Waals surface area (Å²) < 4.78 is 5.08. The maximum Gasteiger partial charge on any atom is 0.412 e. The zero-order valence-corrected chi connectivity index (χ0v) is 13.3. The Bertz CT molecular complexity index is 646. The van der Waals surface area contributed by atoms with E-state index in [-0.39, 0.29) is 23.8 Å². The summed E-state index contributed by atoms with van der Waals surface area (Å²) in [7, 11) is 0. The first kappa shape index (κ1) is 16.2. The molecule has 0 spiro atoms. The van der Waals surface area contributed by atoms with Gasteiger partial charge in [-0.25, -0.2) is 4.79 Å². The lowest BCUT2D eigenvalue weighted by Gasteiger charge is -2.12. The van der Waals surface area contributed by atoms with Crippen LogP contribution in [0.15, 0.2) is 42.5 Å². The monoisotopic (exact) mass is 365 g/mol. The van der Waals surface area contributed by atoms with E-state index >= 15 is 0 Å². The zero-order chi connectivity index (χ0) is 15.9. The Morgan fingerprint density at radius 2 is 1.86 bits per heavy atom. The molecule has 0 saturated heterocycles. The largest absolute Gasteiger partial charge is 0.508 e. The minimum Gasteiger partial charge on any atom is -0.508 e. The molecule has 0 radical (unpaired) electrons. The van der Waals surface area contributed by atoms with E-state index in [9.17, 15) is 15.0 Å². The van der Waals surface area contributed by atoms with Crippen molar-refractivity contribution in [1.29, 1.82) is 0 Å². The predicted molar refractivity (Wildman–Crippen MR) is 87.5 cm³/mol. The summed E-state index contributed by atoms with van der Waals surface area (Å²) in [6.45, 7) is 0.139. The minimum absolute atomic E-state index is 0.0137. The summed E-state index contributed by atoms with van der Waals surface area (Å²) in [6, 6.07) is 12.1. The molecule has 0 fully saturated rings. The van der Waals surface area contributed by atoms with Crippen molar-refractivity contribution in [2.24, 2.45) is 0 Å². The third-order valence-corrected chi connectivity index (χ3v) is 3.45. The van der Waals surface area contributed by atoms with Gasteiger partial charge in [-0.15, -0.1) is 0 Å². The second-order valence-electron chi connectivity index (χ2n) is 4.59. The zero-order valence-electron chi connectivity index (χ0n) is 11.8. The molecule has 0 aliphatic heterocycles. The Morgan fingerprint density at radius 3 is 2.55 bits per heavy atom. The number of phenols is 2. The van der Waals surface area contributed by atoms with Gasteiger partial charge in [0.25, 0.3) is 0 Å². The number of carbonyl (C=O) groups is 1. The van der Waals surface area contributed by atoms with Crippen LogP contribution < -0.4 is 5.32 Å². The van der Waals surface area contributed by atoms with Gasteiger partial charge in [0, 0.05) is 10.9 Å². The summed E-state index contributed by atoms with van der Waals surface area (Å²) in [4.78, 5) is 11.8. The molecule has 0 aliphatic carbocycles. The van der Waals surface area contributed by atoms with Crippen LogP contribution in [-0.2, 0) is 17.8 Å². The fraction of sp³-hybridized carbons (Fsp3) is 0.188. The van der Waals surface area contributed by atoms with E-state index in [1.54, 1.807) is 0 Å². The molecule has 2 aromatic rings. The van der Waals surface area contributed by atoms with Gasteiger partial charge in [-0.3, -0.25) is 5.32 Å². The Kier molecular flexibility index (Phi) is 5.66. The van der Waals surface area contributed by atoms with Crippen molar-refractivity contribution < 1.29 is 19.7 Å². The maximum absolute atomic E-state index is 11.8. The van der Waals surface area contributed by atoms with E-state index in [2.05, 4.69) is 21.2 Å². The van der Waals surface area contributed by atoms with Crippen LogP contribution in [0.3, 0.4) is 0 Å². The molecule has 5 nitrogen and oxygen atoms in total. The number of hydrogen-bond acceptors (Lipinski definition) is 4. The molecule has 2 rings (SSSR count). The summed E-state index contributed by atoms with van der Waals surface area (Å²) in [6.07, 6.45) is -0.235. The number of halogens is 1. The lowest BCUT2D eigenvalue weighted by atomic mass is 10.1. The average molecular weight is 366 g/mol. The number of anilines is 1. The molecule has 116 valence electrons. The van der Waals surface area contributed by atoms with Crippen LogP contribution in [0.25, 0.3) is 0 Å². The highest BCUT2D eigenvalue weighted by Gasteiger charge is 2.14. The van der Waals surface area contributed by atoms with Crippen molar-refractivity contribution in [3.8, 4) is 11.5 Å². The van der Waals surface area contributed by atoms with Gasteiger partial charge in [0.2, 0.25) is 0 Å². The summed E-state index contributed by atoms with van der Waals surface area (Å²) in [5.74, 6) is -0.170. The average Bonchev–Trinajstić information content (AvgIpc) is 2.53. The second kappa shape index (κ2) is 7.70. The summed E-state index contributed by atoms with van der Waals surface area (Å²) in [5.41, 5.74) is 1.44. The molecule has 1 amide bonds. The number of carbonyl (C=O) groups excluding carboxylic acids is 1. The minimum atomic E-state index is -0.672. The number of phenolic OH excluding ortho intramolecular Hbond substituents is 2. The number of alkyl halides is 1. The molecule has 3 N–H and O–H groups in total. The topological polar surface area (TPSA) is 78.8 Å². The highest BCUT2D eigenvalue weighted by Crippen LogP contribution is 2.34. The molecule has 2 aromatic carbocycles. The summed E-state index contributed by atoms with van der Waals surface area (Å²) >= 11 is 3.25. The molecular formula is C16H16BrNO4. The highest BCUT2D eigenvalue weighted by atomic mass is 79.9. The van der Waals surface area contributed by atoms with Crippen LogP contribution in [0, 0.1) is 0 Å². The molecule has 0 atom stereocenters. The molecule has 0 aromatic heterocycles. The van der Waals surface area contributed by atoms with E-state index in [4.69, 9.17) is 4.74 Å². The number of aromatic hydroxyl groups is 2. The van der Waals surface area contributed by atoms with Gasteiger partial charge in [-0.2, -0.15) is 0 Å². The van der Waals surface area contributed by atoms with Crippen LogP contribution in [0.5, 0.6) is 11.5 Å². The first-order chi connectivity index (χ1) is 10.6. The smallest absolute Gasteiger partial charge is 0.412 e. The van der Waals surface area contributed by atoms with Gasteiger partial charge in [0.15, 0.2) is 0 Å². The third kappa shape index (κ3) is 4.14. The van der Waals surface area contributed by atoms with Gasteiger partial charge in [0.1, 0.15) is 18.1 Å². The van der Waals surface area contributed by atoms with Crippen molar-refractivity contribution in [1.82, 2.24) is 0 Å². The van der Waals surface area contributed by atoms with Crippen LogP contribution in [0.2, 0.25) is 0 Å². The van der Waals surface area contributed by atoms with Crippen LogP contribution in [0.4, 0.5) is 10.5 Å². The SMILES string of the molecule is O=C(Nc1ccc(O)c(CCBr)c1O)OCc1ccccc1. The Labute approximate surface area is 136 Å². The molecule has 0 bridgehead atoms. The predicted octanol–water partition coefficient (Wildman–Crippen LogP) is 3.78. The number of nitrogens with one attached hydrogen (secondary N) is 1. The molecule has 0 aliphatic rings. The normalized spacial score (nSPS) is 10.2. The van der Waals surface area contributed by atoms with Crippen molar-refractivity contribution in [2.45, 2.75) is 13.0 Å². The molecule has 0 unspecified atom stereocenters. The lowest BCUT2D eigenvalue weighted by Crippen LogP contribution is -2.14. The van der Waals surface area contributed by atoms with Crippen LogP contribution >= 0.6 is 15.9 Å². The number of hydrogen-bond donors (Lipinski definition) is 3. The van der Waals surface area contributed by atoms with Gasteiger partial charge >= 0.3 is 6.09 Å². The number of rotatable bonds is 5. The van der Waals surface area contributed by atoms with E-state index in [0.717, 1.165) is 5.56 Å². The molecular weight excluding hydrogens is 350 g/mol. The van der Waals surface area contributed by atoms with Crippen molar-refractivity contribution in [2.75, 3.05) is 10.6 Å². The summed E-state index contributed by atoms with van der Waals surface area (Å²) in [5, 5.41) is 22.8.